The average Bonchev–Trinajstić information content (AvgIpc) is 3.21. The molecular weight excluding hydrogens is 420 g/mol. The molecule has 7 nitrogen and oxygen atoms in total. The number of ether oxygens (including phenoxy) is 2. The normalized spacial score (nSPS) is 15.0. The van der Waals surface area contributed by atoms with Crippen molar-refractivity contribution in [2.45, 2.75) is 58.4 Å². The first-order valence-corrected chi connectivity index (χ1v) is 10.6. The second kappa shape index (κ2) is 10.0. The minimum atomic E-state index is -2.87. The van der Waals surface area contributed by atoms with E-state index in [9.17, 15) is 18.4 Å². The number of piperidine rings is 1. The number of carbonyl (C=O) groups is 2. The van der Waals surface area contributed by atoms with Crippen LogP contribution in [0.3, 0.4) is 0 Å². The molecule has 174 valence electrons. The predicted octanol–water partition coefficient (Wildman–Crippen LogP) is 4.59. The zero-order chi connectivity index (χ0) is 23.3. The van der Waals surface area contributed by atoms with Gasteiger partial charge in [-0.25, -0.2) is 4.79 Å². The standard InChI is InChI=1S/C23H29F2N3O4/c1-23(2,3)32-22(30)27-13-10-17(11-14-27)28-12-4-5-19(28)20(29)26-15-16-6-8-18(9-7-16)31-21(24)25/h4-9,12,17,21H,10-11,13-15H2,1-3H3,(H,26,29). The van der Waals surface area contributed by atoms with E-state index in [0.29, 0.717) is 18.8 Å². The van der Waals surface area contributed by atoms with Crippen LogP contribution >= 0.6 is 0 Å². The van der Waals surface area contributed by atoms with Gasteiger partial charge in [-0.05, 0) is 63.4 Å². The molecule has 32 heavy (non-hydrogen) atoms. The largest absolute Gasteiger partial charge is 0.444 e. The SMILES string of the molecule is CC(C)(C)OC(=O)N1CCC(n2cccc2C(=O)NCc2ccc(OC(F)F)cc2)CC1. The third-order valence-electron chi connectivity index (χ3n) is 5.12. The summed E-state index contributed by atoms with van der Waals surface area (Å²) in [5.74, 6) is -0.154. The zero-order valence-corrected chi connectivity index (χ0v) is 18.5. The van der Waals surface area contributed by atoms with Gasteiger partial charge in [-0.3, -0.25) is 4.79 Å². The molecule has 0 bridgehead atoms. The molecule has 9 heteroatoms. The Kier molecular flexibility index (Phi) is 7.37. The van der Waals surface area contributed by atoms with Gasteiger partial charge in [0, 0.05) is 31.9 Å². The summed E-state index contributed by atoms with van der Waals surface area (Å²) in [4.78, 5) is 26.7. The van der Waals surface area contributed by atoms with Crippen LogP contribution in [0.4, 0.5) is 13.6 Å². The van der Waals surface area contributed by atoms with Gasteiger partial charge < -0.3 is 24.3 Å². The lowest BCUT2D eigenvalue weighted by atomic mass is 10.0. The zero-order valence-electron chi connectivity index (χ0n) is 18.5. The van der Waals surface area contributed by atoms with Gasteiger partial charge in [0.25, 0.3) is 5.91 Å². The highest BCUT2D eigenvalue weighted by Gasteiger charge is 2.28. The fourth-order valence-corrected chi connectivity index (χ4v) is 3.62. The van der Waals surface area contributed by atoms with Gasteiger partial charge in [-0.2, -0.15) is 8.78 Å². The van der Waals surface area contributed by atoms with Crippen molar-refractivity contribution in [3.8, 4) is 5.75 Å². The van der Waals surface area contributed by atoms with E-state index in [1.807, 2.05) is 37.6 Å². The number of nitrogens with one attached hydrogen (secondary N) is 1. The van der Waals surface area contributed by atoms with E-state index in [4.69, 9.17) is 4.74 Å². The number of nitrogens with zero attached hydrogens (tertiary/aromatic N) is 2. The van der Waals surface area contributed by atoms with Crippen molar-refractivity contribution in [2.24, 2.45) is 0 Å². The maximum absolute atomic E-state index is 12.7. The molecule has 0 aliphatic carbocycles. The third-order valence-corrected chi connectivity index (χ3v) is 5.12. The van der Waals surface area contributed by atoms with Gasteiger partial charge in [0.1, 0.15) is 17.0 Å². The van der Waals surface area contributed by atoms with E-state index in [1.54, 1.807) is 23.1 Å². The topological polar surface area (TPSA) is 72.8 Å². The smallest absolute Gasteiger partial charge is 0.410 e. The summed E-state index contributed by atoms with van der Waals surface area (Å²) in [6.07, 6.45) is 3.00. The number of aromatic nitrogens is 1. The minimum absolute atomic E-state index is 0.0710. The Hall–Kier alpha value is -3.10. The highest BCUT2D eigenvalue weighted by molar-refractivity contribution is 5.92. The van der Waals surface area contributed by atoms with Crippen LogP contribution in [0.25, 0.3) is 0 Å². The Morgan fingerprint density at radius 2 is 1.78 bits per heavy atom. The molecule has 0 saturated carbocycles. The molecule has 1 aromatic heterocycles. The Balaban J connectivity index is 1.54. The number of hydrogen-bond acceptors (Lipinski definition) is 4. The summed E-state index contributed by atoms with van der Waals surface area (Å²) in [7, 11) is 0. The quantitative estimate of drug-likeness (QED) is 0.700. The molecule has 3 rings (SSSR count). The first-order valence-electron chi connectivity index (χ1n) is 10.6. The molecular formula is C23H29F2N3O4. The molecule has 2 amide bonds. The summed E-state index contributed by atoms with van der Waals surface area (Å²) in [6, 6.07) is 9.83. The van der Waals surface area contributed by atoms with Gasteiger partial charge in [-0.1, -0.05) is 12.1 Å². The minimum Gasteiger partial charge on any atom is -0.444 e. The maximum atomic E-state index is 12.7. The van der Waals surface area contributed by atoms with Crippen molar-refractivity contribution >= 4 is 12.0 Å². The highest BCUT2D eigenvalue weighted by Crippen LogP contribution is 2.26. The summed E-state index contributed by atoms with van der Waals surface area (Å²) in [5, 5.41) is 2.86. The Morgan fingerprint density at radius 3 is 2.38 bits per heavy atom. The number of alkyl halides is 2. The molecule has 1 aliphatic rings. The van der Waals surface area contributed by atoms with Crippen LogP contribution in [0.1, 0.15) is 55.7 Å². The predicted molar refractivity (Wildman–Crippen MR) is 115 cm³/mol. The Bertz CT molecular complexity index is 914. The van der Waals surface area contributed by atoms with Crippen molar-refractivity contribution in [1.82, 2.24) is 14.8 Å². The molecule has 1 N–H and O–H groups in total. The number of carbonyl (C=O) groups excluding carboxylic acids is 2. The number of halogens is 2. The first-order chi connectivity index (χ1) is 15.1. The number of rotatable bonds is 6. The van der Waals surface area contributed by atoms with Crippen LogP contribution < -0.4 is 10.1 Å². The summed E-state index contributed by atoms with van der Waals surface area (Å²) in [5.41, 5.74) is 0.776. The van der Waals surface area contributed by atoms with Gasteiger partial charge in [0.05, 0.1) is 0 Å². The van der Waals surface area contributed by atoms with Crippen LogP contribution in [-0.4, -0.2) is 46.8 Å². The number of hydrogen-bond donors (Lipinski definition) is 1. The molecule has 0 unspecified atom stereocenters. The lowest BCUT2D eigenvalue weighted by molar-refractivity contribution is -0.0498. The van der Waals surface area contributed by atoms with E-state index in [-0.39, 0.29) is 30.3 Å². The first kappa shape index (κ1) is 23.6. The summed E-state index contributed by atoms with van der Waals surface area (Å²) in [6.45, 7) is 4.04. The molecule has 2 heterocycles. The van der Waals surface area contributed by atoms with Crippen LogP contribution in [0.15, 0.2) is 42.6 Å². The van der Waals surface area contributed by atoms with Gasteiger partial charge in [-0.15, -0.1) is 0 Å². The molecule has 1 fully saturated rings. The number of amides is 2. The van der Waals surface area contributed by atoms with Crippen LogP contribution in [-0.2, 0) is 11.3 Å². The average molecular weight is 449 g/mol. The monoisotopic (exact) mass is 449 g/mol. The number of benzene rings is 1. The van der Waals surface area contributed by atoms with Crippen molar-refractivity contribution in [3.63, 3.8) is 0 Å². The summed E-state index contributed by atoms with van der Waals surface area (Å²) >= 11 is 0. The van der Waals surface area contributed by atoms with E-state index in [2.05, 4.69) is 10.1 Å². The summed E-state index contributed by atoms with van der Waals surface area (Å²) < 4.78 is 36.2. The van der Waals surface area contributed by atoms with E-state index in [0.717, 1.165) is 18.4 Å². The van der Waals surface area contributed by atoms with E-state index in [1.165, 1.54) is 12.1 Å². The van der Waals surface area contributed by atoms with Crippen LogP contribution in [0.2, 0.25) is 0 Å². The molecule has 0 atom stereocenters. The fourth-order valence-electron chi connectivity index (χ4n) is 3.62. The van der Waals surface area contributed by atoms with Crippen molar-refractivity contribution in [1.29, 1.82) is 0 Å². The lowest BCUT2D eigenvalue weighted by Crippen LogP contribution is -2.42. The van der Waals surface area contributed by atoms with E-state index < -0.39 is 12.2 Å². The van der Waals surface area contributed by atoms with Crippen molar-refractivity contribution < 1.29 is 27.8 Å². The molecule has 1 saturated heterocycles. The second-order valence-electron chi connectivity index (χ2n) is 8.70. The fraction of sp³-hybridized carbons (Fsp3) is 0.478. The van der Waals surface area contributed by atoms with Crippen LogP contribution in [0, 0.1) is 0 Å². The van der Waals surface area contributed by atoms with Crippen molar-refractivity contribution in [3.05, 3.63) is 53.9 Å². The third kappa shape index (κ3) is 6.45. The van der Waals surface area contributed by atoms with Gasteiger partial charge >= 0.3 is 12.7 Å². The van der Waals surface area contributed by atoms with Gasteiger partial charge in [0.15, 0.2) is 0 Å². The molecule has 1 aromatic carbocycles. The second-order valence-corrected chi connectivity index (χ2v) is 8.70. The maximum Gasteiger partial charge on any atom is 0.410 e. The lowest BCUT2D eigenvalue weighted by Gasteiger charge is -2.34. The highest BCUT2D eigenvalue weighted by atomic mass is 19.3. The molecule has 1 aliphatic heterocycles. The molecule has 0 radical (unpaired) electrons. The van der Waals surface area contributed by atoms with Gasteiger partial charge in [0.2, 0.25) is 0 Å². The number of likely N-dealkylation sites (tertiary alicyclic amines) is 1. The van der Waals surface area contributed by atoms with E-state index >= 15 is 0 Å². The van der Waals surface area contributed by atoms with Crippen molar-refractivity contribution in [2.75, 3.05) is 13.1 Å². The van der Waals surface area contributed by atoms with Crippen LogP contribution in [0.5, 0.6) is 5.75 Å². The molecule has 0 spiro atoms. The Morgan fingerprint density at radius 1 is 1.12 bits per heavy atom. The molecule has 2 aromatic rings. The Labute approximate surface area is 186 Å².